The van der Waals surface area contributed by atoms with Gasteiger partial charge in [0.2, 0.25) is 21.8 Å². The summed E-state index contributed by atoms with van der Waals surface area (Å²) in [6.07, 6.45) is 1.27. The lowest BCUT2D eigenvalue weighted by Gasteiger charge is -2.33. The van der Waals surface area contributed by atoms with Crippen molar-refractivity contribution in [3.05, 3.63) is 99.5 Å². The Morgan fingerprint density at radius 2 is 1.57 bits per heavy atom. The van der Waals surface area contributed by atoms with E-state index in [0.29, 0.717) is 26.9 Å². The summed E-state index contributed by atoms with van der Waals surface area (Å²) < 4.78 is 26.7. The molecule has 7 nitrogen and oxygen atoms in total. The number of benzene rings is 3. The third-order valence-corrected chi connectivity index (χ3v) is 7.48. The van der Waals surface area contributed by atoms with E-state index in [-0.39, 0.29) is 18.9 Å². The second-order valence-corrected chi connectivity index (χ2v) is 11.5. The van der Waals surface area contributed by atoms with E-state index in [1.807, 2.05) is 30.3 Å². The van der Waals surface area contributed by atoms with Gasteiger partial charge in [-0.15, -0.1) is 0 Å². The Hall–Kier alpha value is -3.07. The van der Waals surface area contributed by atoms with E-state index in [0.717, 1.165) is 16.1 Å². The summed E-state index contributed by atoms with van der Waals surface area (Å²) in [5.74, 6) is -0.918. The van der Waals surface area contributed by atoms with Crippen LogP contribution in [0.4, 0.5) is 5.69 Å². The lowest BCUT2D eigenvalue weighted by molar-refractivity contribution is -0.139. The number of hydrogen-bond donors (Lipinski definition) is 1. The number of anilines is 1. The molecule has 0 bridgehead atoms. The van der Waals surface area contributed by atoms with Crippen LogP contribution >= 0.6 is 23.2 Å². The molecule has 0 aromatic heterocycles. The van der Waals surface area contributed by atoms with Crippen molar-refractivity contribution in [3.63, 3.8) is 0 Å². The van der Waals surface area contributed by atoms with Crippen LogP contribution < -0.4 is 9.62 Å². The van der Waals surface area contributed by atoms with Gasteiger partial charge in [-0.3, -0.25) is 13.9 Å². The van der Waals surface area contributed by atoms with Gasteiger partial charge in [0.1, 0.15) is 12.6 Å². The molecule has 1 atom stereocenters. The molecule has 196 valence electrons. The molecular formula is C27H29Cl2N3O4S. The highest BCUT2D eigenvalue weighted by molar-refractivity contribution is 7.92. The lowest BCUT2D eigenvalue weighted by Crippen LogP contribution is -2.53. The van der Waals surface area contributed by atoms with Gasteiger partial charge < -0.3 is 10.2 Å². The molecule has 0 radical (unpaired) electrons. The SMILES string of the molecule is CNC(=O)C(Cc1ccccc1)N(Cc1cccc(Cl)c1)C(=O)CN(c1cc(Cl)ccc1C)S(C)(=O)=O. The maximum atomic E-state index is 13.9. The fraction of sp³-hybridized carbons (Fsp3) is 0.259. The molecule has 0 aliphatic rings. The second kappa shape index (κ2) is 12.4. The highest BCUT2D eigenvalue weighted by Gasteiger charge is 2.33. The zero-order chi connectivity index (χ0) is 27.2. The van der Waals surface area contributed by atoms with Crippen molar-refractivity contribution < 1.29 is 18.0 Å². The Morgan fingerprint density at radius 1 is 0.919 bits per heavy atom. The van der Waals surface area contributed by atoms with Crippen LogP contribution in [0.2, 0.25) is 10.0 Å². The number of rotatable bonds is 10. The minimum Gasteiger partial charge on any atom is -0.357 e. The molecule has 0 saturated heterocycles. The van der Waals surface area contributed by atoms with Crippen LogP contribution in [0.3, 0.4) is 0 Å². The predicted molar refractivity (Wildman–Crippen MR) is 148 cm³/mol. The summed E-state index contributed by atoms with van der Waals surface area (Å²) in [6.45, 7) is 1.28. The molecule has 3 aromatic rings. The molecule has 0 saturated carbocycles. The molecular weight excluding hydrogens is 533 g/mol. The number of aryl methyl sites for hydroxylation is 1. The molecule has 37 heavy (non-hydrogen) atoms. The number of hydrogen-bond acceptors (Lipinski definition) is 4. The summed E-state index contributed by atoms with van der Waals surface area (Å²) in [5.41, 5.74) is 2.49. The zero-order valence-electron chi connectivity index (χ0n) is 20.8. The van der Waals surface area contributed by atoms with Crippen molar-refractivity contribution in [3.8, 4) is 0 Å². The number of amides is 2. The number of carbonyl (C=O) groups is 2. The van der Waals surface area contributed by atoms with E-state index >= 15 is 0 Å². The van der Waals surface area contributed by atoms with Crippen LogP contribution in [0.15, 0.2) is 72.8 Å². The first-order valence-corrected chi connectivity index (χ1v) is 14.1. The summed E-state index contributed by atoms with van der Waals surface area (Å²) in [5, 5.41) is 3.46. The lowest BCUT2D eigenvalue weighted by atomic mass is 10.0. The topological polar surface area (TPSA) is 86.8 Å². The number of nitrogens with zero attached hydrogens (tertiary/aromatic N) is 2. The van der Waals surface area contributed by atoms with Gasteiger partial charge in [0, 0.05) is 30.1 Å². The number of carbonyl (C=O) groups excluding carboxylic acids is 2. The van der Waals surface area contributed by atoms with Gasteiger partial charge >= 0.3 is 0 Å². The van der Waals surface area contributed by atoms with Crippen molar-refractivity contribution >= 4 is 50.7 Å². The van der Waals surface area contributed by atoms with Crippen LogP contribution in [0.25, 0.3) is 0 Å². The van der Waals surface area contributed by atoms with E-state index < -0.39 is 28.5 Å². The second-order valence-electron chi connectivity index (χ2n) is 8.67. The molecule has 3 aromatic carbocycles. The molecule has 1 N–H and O–H groups in total. The van der Waals surface area contributed by atoms with E-state index in [2.05, 4.69) is 5.32 Å². The van der Waals surface area contributed by atoms with Crippen LogP contribution in [0.5, 0.6) is 0 Å². The fourth-order valence-corrected chi connectivity index (χ4v) is 5.28. The maximum Gasteiger partial charge on any atom is 0.244 e. The molecule has 0 spiro atoms. The Bertz CT molecular complexity index is 1370. The molecule has 3 rings (SSSR count). The highest BCUT2D eigenvalue weighted by Crippen LogP contribution is 2.27. The third-order valence-electron chi connectivity index (χ3n) is 5.88. The van der Waals surface area contributed by atoms with E-state index in [9.17, 15) is 18.0 Å². The smallest absolute Gasteiger partial charge is 0.244 e. The fourth-order valence-electron chi connectivity index (χ4n) is 4.00. The largest absolute Gasteiger partial charge is 0.357 e. The van der Waals surface area contributed by atoms with Crippen LogP contribution in [-0.4, -0.2) is 51.0 Å². The van der Waals surface area contributed by atoms with Crippen LogP contribution in [-0.2, 0) is 32.6 Å². The maximum absolute atomic E-state index is 13.9. The number of sulfonamides is 1. The standard InChI is InChI=1S/C27H29Cl2N3O4S/c1-19-12-13-23(29)16-24(19)32(37(3,35)36)18-26(33)31(17-21-10-7-11-22(28)14-21)25(27(34)30-2)15-20-8-5-4-6-9-20/h4-14,16,25H,15,17-18H2,1-3H3,(H,30,34). The summed E-state index contributed by atoms with van der Waals surface area (Å²) in [4.78, 5) is 28.4. The van der Waals surface area contributed by atoms with Gasteiger partial charge in [0.15, 0.2) is 0 Å². The quantitative estimate of drug-likeness (QED) is 0.396. The number of nitrogens with one attached hydrogen (secondary N) is 1. The van der Waals surface area contributed by atoms with Gasteiger partial charge in [-0.1, -0.05) is 71.7 Å². The molecule has 0 heterocycles. The molecule has 0 aliphatic heterocycles. The van der Waals surface area contributed by atoms with Crippen LogP contribution in [0.1, 0.15) is 16.7 Å². The van der Waals surface area contributed by atoms with Crippen LogP contribution in [0, 0.1) is 6.92 Å². The van der Waals surface area contributed by atoms with Crippen molar-refractivity contribution in [2.24, 2.45) is 0 Å². The number of halogens is 2. The van der Waals surface area contributed by atoms with Gasteiger partial charge in [-0.25, -0.2) is 8.42 Å². The minimum atomic E-state index is -3.87. The van der Waals surface area contributed by atoms with Gasteiger partial charge in [0.05, 0.1) is 11.9 Å². The first kappa shape index (κ1) is 28.5. The monoisotopic (exact) mass is 561 g/mol. The summed E-state index contributed by atoms with van der Waals surface area (Å²) in [7, 11) is -2.37. The Balaban J connectivity index is 2.06. The zero-order valence-corrected chi connectivity index (χ0v) is 23.1. The van der Waals surface area contributed by atoms with E-state index in [4.69, 9.17) is 23.2 Å². The van der Waals surface area contributed by atoms with Gasteiger partial charge in [0.25, 0.3) is 0 Å². The Morgan fingerprint density at radius 3 is 2.19 bits per heavy atom. The van der Waals surface area contributed by atoms with Gasteiger partial charge in [-0.2, -0.15) is 0 Å². The summed E-state index contributed by atoms with van der Waals surface area (Å²) in [6, 6.07) is 20.2. The third kappa shape index (κ3) is 7.71. The van der Waals surface area contributed by atoms with E-state index in [1.54, 1.807) is 43.3 Å². The minimum absolute atomic E-state index is 0.0520. The first-order valence-electron chi connectivity index (χ1n) is 11.5. The van der Waals surface area contributed by atoms with Crippen molar-refractivity contribution in [1.29, 1.82) is 0 Å². The van der Waals surface area contributed by atoms with Crippen molar-refractivity contribution in [2.45, 2.75) is 25.9 Å². The first-order chi connectivity index (χ1) is 17.5. The number of likely N-dealkylation sites (N-methyl/N-ethyl adjacent to an activating group) is 1. The molecule has 0 aliphatic carbocycles. The van der Waals surface area contributed by atoms with Crippen molar-refractivity contribution in [2.75, 3.05) is 24.2 Å². The average molecular weight is 563 g/mol. The predicted octanol–water partition coefficient (Wildman–Crippen LogP) is 4.45. The highest BCUT2D eigenvalue weighted by atomic mass is 35.5. The molecule has 10 heteroatoms. The molecule has 2 amide bonds. The van der Waals surface area contributed by atoms with Crippen molar-refractivity contribution in [1.82, 2.24) is 10.2 Å². The Labute approximate surface area is 228 Å². The molecule has 0 fully saturated rings. The normalized spacial score (nSPS) is 12.0. The average Bonchev–Trinajstić information content (AvgIpc) is 2.85. The molecule has 1 unspecified atom stereocenters. The summed E-state index contributed by atoms with van der Waals surface area (Å²) >= 11 is 12.3. The Kier molecular flexibility index (Phi) is 9.59. The van der Waals surface area contributed by atoms with E-state index in [1.165, 1.54) is 18.0 Å². The van der Waals surface area contributed by atoms with Gasteiger partial charge in [-0.05, 0) is 47.9 Å².